The molecule has 0 N–H and O–H groups in total. The molecule has 0 saturated carbocycles. The van der Waals surface area contributed by atoms with Gasteiger partial charge in [-0.15, -0.1) is 0 Å². The summed E-state index contributed by atoms with van der Waals surface area (Å²) in [5, 5.41) is 2.30. The number of aromatic nitrogens is 3. The number of aryl methyl sites for hydroxylation is 1. The van der Waals surface area contributed by atoms with Gasteiger partial charge in [0.15, 0.2) is 0 Å². The Morgan fingerprint density at radius 3 is 2.59 bits per heavy atom. The van der Waals surface area contributed by atoms with Crippen LogP contribution >= 0.6 is 23.4 Å². The Morgan fingerprint density at radius 2 is 1.91 bits per heavy atom. The molecular formula is C25H24ClN3O2S. The average Bonchev–Trinajstić information content (AvgIpc) is 3.17. The van der Waals surface area contributed by atoms with E-state index in [2.05, 4.69) is 28.3 Å². The lowest BCUT2D eigenvalue weighted by Gasteiger charge is -2.21. The molecule has 5 nitrogen and oxygen atoms in total. The van der Waals surface area contributed by atoms with E-state index in [0.717, 1.165) is 38.4 Å². The van der Waals surface area contributed by atoms with Gasteiger partial charge in [-0.05, 0) is 51.0 Å². The minimum Gasteiger partial charge on any atom is -0.465 e. The zero-order chi connectivity index (χ0) is 22.9. The summed E-state index contributed by atoms with van der Waals surface area (Å²) in [5.74, 6) is -0.275. The number of carbonyl (C=O) groups excluding carboxylic acids is 1. The molecule has 0 spiro atoms. The van der Waals surface area contributed by atoms with Crippen molar-refractivity contribution in [1.82, 2.24) is 14.5 Å². The molecule has 32 heavy (non-hydrogen) atoms. The highest BCUT2D eigenvalue weighted by molar-refractivity contribution is 8.01. The zero-order valence-corrected chi connectivity index (χ0v) is 20.0. The van der Waals surface area contributed by atoms with Crippen LogP contribution in [0.5, 0.6) is 0 Å². The van der Waals surface area contributed by atoms with Crippen molar-refractivity contribution in [2.75, 3.05) is 6.61 Å². The number of ether oxygens (including phenoxy) is 1. The van der Waals surface area contributed by atoms with Gasteiger partial charge in [0, 0.05) is 22.5 Å². The van der Waals surface area contributed by atoms with Gasteiger partial charge in [0.25, 0.3) is 0 Å². The molecule has 4 rings (SSSR count). The highest BCUT2D eigenvalue weighted by atomic mass is 35.5. The van der Waals surface area contributed by atoms with Crippen molar-refractivity contribution in [1.29, 1.82) is 0 Å². The molecule has 0 radical (unpaired) electrons. The maximum atomic E-state index is 12.5. The molecule has 4 aromatic rings. The van der Waals surface area contributed by atoms with Crippen molar-refractivity contribution in [2.45, 2.75) is 37.5 Å². The van der Waals surface area contributed by atoms with Crippen molar-refractivity contribution < 1.29 is 9.53 Å². The van der Waals surface area contributed by atoms with Gasteiger partial charge in [0.05, 0.1) is 12.0 Å². The van der Waals surface area contributed by atoms with E-state index in [9.17, 15) is 4.79 Å². The van der Waals surface area contributed by atoms with E-state index in [1.807, 2.05) is 68.7 Å². The Kier molecular flexibility index (Phi) is 6.26. The van der Waals surface area contributed by atoms with Crippen molar-refractivity contribution in [2.24, 2.45) is 0 Å². The molecule has 7 heteroatoms. The maximum Gasteiger partial charge on any atom is 0.322 e. The molecule has 0 fully saturated rings. The number of esters is 1. The quantitative estimate of drug-likeness (QED) is 0.185. The summed E-state index contributed by atoms with van der Waals surface area (Å²) in [5.41, 5.74) is 4.70. The molecule has 0 aliphatic heterocycles. The van der Waals surface area contributed by atoms with Crippen LogP contribution in [0.15, 0.2) is 66.1 Å². The minimum absolute atomic E-state index is 0.275. The topological polar surface area (TPSA) is 57.0 Å². The van der Waals surface area contributed by atoms with Gasteiger partial charge < -0.3 is 9.30 Å². The Hall–Kier alpha value is -2.83. The van der Waals surface area contributed by atoms with Crippen LogP contribution in [0.1, 0.15) is 26.3 Å². The van der Waals surface area contributed by atoms with Crippen LogP contribution in [0.2, 0.25) is 5.02 Å². The van der Waals surface area contributed by atoms with E-state index in [1.54, 1.807) is 0 Å². The molecule has 2 heterocycles. The van der Waals surface area contributed by atoms with Crippen LogP contribution < -0.4 is 0 Å². The van der Waals surface area contributed by atoms with E-state index in [4.69, 9.17) is 16.3 Å². The molecule has 0 unspecified atom stereocenters. The lowest BCUT2D eigenvalue weighted by atomic mass is 10.1. The van der Waals surface area contributed by atoms with E-state index in [1.165, 1.54) is 18.1 Å². The zero-order valence-electron chi connectivity index (χ0n) is 18.4. The van der Waals surface area contributed by atoms with Gasteiger partial charge >= 0.3 is 5.97 Å². The fourth-order valence-electron chi connectivity index (χ4n) is 3.46. The van der Waals surface area contributed by atoms with Crippen LogP contribution in [0, 0.1) is 6.92 Å². The summed E-state index contributed by atoms with van der Waals surface area (Å²) in [6.45, 7) is 7.82. The van der Waals surface area contributed by atoms with Crippen molar-refractivity contribution in [3.05, 3.63) is 71.6 Å². The first-order valence-electron chi connectivity index (χ1n) is 10.4. The number of benzene rings is 2. The van der Waals surface area contributed by atoms with Gasteiger partial charge in [-0.2, -0.15) is 0 Å². The van der Waals surface area contributed by atoms with Crippen LogP contribution in [0.3, 0.4) is 0 Å². The molecular weight excluding hydrogens is 442 g/mol. The second kappa shape index (κ2) is 8.96. The number of hydrogen-bond acceptors (Lipinski definition) is 5. The smallest absolute Gasteiger partial charge is 0.322 e. The third kappa shape index (κ3) is 4.25. The largest absolute Gasteiger partial charge is 0.465 e. The fraction of sp³-hybridized carbons (Fsp3) is 0.240. The number of hydrogen-bond donors (Lipinski definition) is 0. The van der Waals surface area contributed by atoms with Crippen LogP contribution in [-0.2, 0) is 9.53 Å². The second-order valence-corrected chi connectivity index (χ2v) is 9.94. The van der Waals surface area contributed by atoms with Crippen molar-refractivity contribution in [3.8, 4) is 16.8 Å². The Morgan fingerprint density at radius 1 is 1.16 bits per heavy atom. The summed E-state index contributed by atoms with van der Waals surface area (Å²) in [6, 6.07) is 16.0. The van der Waals surface area contributed by atoms with E-state index in [-0.39, 0.29) is 5.97 Å². The SMILES string of the molecule is CCOC(=O)C(C)(C)Sc1ncnc2c1c(-c1ccccc1)cn2-c1ccc(C)c(Cl)c1. The van der Waals surface area contributed by atoms with Crippen molar-refractivity contribution >= 4 is 40.4 Å². The van der Waals surface area contributed by atoms with Gasteiger partial charge in [-0.1, -0.05) is 59.8 Å². The standard InChI is InChI=1S/C25H24ClN3O2S/c1-5-31-24(30)25(3,4)32-23-21-19(17-9-7-6-8-10-17)14-29(22(21)27-15-28-23)18-12-11-16(2)20(26)13-18/h6-15H,5H2,1-4H3. The minimum atomic E-state index is -0.805. The lowest BCUT2D eigenvalue weighted by molar-refractivity contribution is -0.145. The molecule has 0 atom stereocenters. The summed E-state index contributed by atoms with van der Waals surface area (Å²) in [7, 11) is 0. The number of rotatable bonds is 6. The van der Waals surface area contributed by atoms with Crippen LogP contribution in [0.4, 0.5) is 0 Å². The monoisotopic (exact) mass is 465 g/mol. The maximum absolute atomic E-state index is 12.5. The third-order valence-corrected chi connectivity index (χ3v) is 6.77. The number of carbonyl (C=O) groups is 1. The van der Waals surface area contributed by atoms with E-state index < -0.39 is 4.75 Å². The molecule has 164 valence electrons. The van der Waals surface area contributed by atoms with Gasteiger partial charge in [0.1, 0.15) is 21.7 Å². The Balaban J connectivity index is 1.94. The average molecular weight is 466 g/mol. The number of nitrogens with zero attached hydrogens (tertiary/aromatic N) is 3. The molecule has 2 aromatic heterocycles. The fourth-order valence-corrected chi connectivity index (χ4v) is 4.67. The van der Waals surface area contributed by atoms with Crippen molar-refractivity contribution in [3.63, 3.8) is 0 Å². The van der Waals surface area contributed by atoms with E-state index in [0.29, 0.717) is 11.6 Å². The first-order valence-corrected chi connectivity index (χ1v) is 11.6. The summed E-state index contributed by atoms with van der Waals surface area (Å²) in [6.07, 6.45) is 3.59. The second-order valence-electron chi connectivity index (χ2n) is 7.92. The Bertz CT molecular complexity index is 1290. The molecule has 0 aliphatic rings. The van der Waals surface area contributed by atoms with Gasteiger partial charge in [-0.25, -0.2) is 9.97 Å². The molecule has 0 aliphatic carbocycles. The Labute approximate surface area is 196 Å². The summed E-state index contributed by atoms with van der Waals surface area (Å²) < 4.78 is 6.50. The predicted molar refractivity (Wildman–Crippen MR) is 131 cm³/mol. The summed E-state index contributed by atoms with van der Waals surface area (Å²) >= 11 is 7.80. The van der Waals surface area contributed by atoms with E-state index >= 15 is 0 Å². The molecule has 0 saturated heterocycles. The van der Waals surface area contributed by atoms with Crippen LogP contribution in [-0.4, -0.2) is 31.9 Å². The normalized spacial score (nSPS) is 11.7. The molecule has 0 bridgehead atoms. The number of fused-ring (bicyclic) bond motifs is 1. The predicted octanol–water partition coefficient (Wildman–Crippen LogP) is 6.48. The lowest BCUT2D eigenvalue weighted by Crippen LogP contribution is -2.30. The van der Waals surface area contributed by atoms with Crippen LogP contribution in [0.25, 0.3) is 27.8 Å². The first kappa shape index (κ1) is 22.4. The molecule has 2 aromatic carbocycles. The summed E-state index contributed by atoms with van der Waals surface area (Å²) in [4.78, 5) is 21.7. The highest BCUT2D eigenvalue weighted by Crippen LogP contribution is 2.41. The van der Waals surface area contributed by atoms with Gasteiger partial charge in [-0.3, -0.25) is 4.79 Å². The number of halogens is 1. The highest BCUT2D eigenvalue weighted by Gasteiger charge is 2.33. The third-order valence-electron chi connectivity index (χ3n) is 5.19. The van der Waals surface area contributed by atoms with Gasteiger partial charge in [0.2, 0.25) is 0 Å². The number of thioether (sulfide) groups is 1. The first-order chi connectivity index (χ1) is 15.3. The molecule has 0 amide bonds.